The molecule has 0 atom stereocenters. The van der Waals surface area contributed by atoms with Crippen molar-refractivity contribution in [2.45, 2.75) is 45.1 Å². The number of aromatic hydroxyl groups is 1. The van der Waals surface area contributed by atoms with Gasteiger partial charge in [0.15, 0.2) is 0 Å². The van der Waals surface area contributed by atoms with Gasteiger partial charge in [-0.05, 0) is 55.7 Å². The molecular weight excluding hydrogens is 376 g/mol. The van der Waals surface area contributed by atoms with E-state index >= 15 is 0 Å². The highest BCUT2D eigenvalue weighted by molar-refractivity contribution is 5.95. The lowest BCUT2D eigenvalue weighted by Gasteiger charge is -2.24. The first-order valence-corrected chi connectivity index (χ1v) is 10.4. The Balaban J connectivity index is 2.00. The molecule has 1 fully saturated rings. The third kappa shape index (κ3) is 4.01. The minimum atomic E-state index is -0.951. The molecule has 2 N–H and O–H groups in total. The molecule has 1 aliphatic rings. The van der Waals surface area contributed by atoms with Crippen LogP contribution in [0.3, 0.4) is 0 Å². The molecule has 0 radical (unpaired) electrons. The second-order valence-corrected chi connectivity index (χ2v) is 7.89. The van der Waals surface area contributed by atoms with E-state index in [2.05, 4.69) is 4.68 Å². The van der Waals surface area contributed by atoms with Gasteiger partial charge in [0.1, 0.15) is 5.75 Å². The number of aromatic nitrogens is 2. The first kappa shape index (κ1) is 20.0. The Labute approximate surface area is 176 Å². The summed E-state index contributed by atoms with van der Waals surface area (Å²) < 4.78 is 2.09. The number of hydrogen-bond acceptors (Lipinski definition) is 3. The van der Waals surface area contributed by atoms with Gasteiger partial charge in [0.25, 0.3) is 0 Å². The van der Waals surface area contributed by atoms with E-state index in [-0.39, 0.29) is 17.4 Å². The normalized spacial score (nSPS) is 15.3. The summed E-state index contributed by atoms with van der Waals surface area (Å²) in [5.74, 6) is -0.738. The Bertz CT molecular complexity index is 1060. The molecule has 0 aliphatic heterocycles. The molecular formula is C25H26N2O3. The molecule has 5 nitrogen and oxygen atoms in total. The second kappa shape index (κ2) is 8.57. The number of rotatable bonds is 5. The maximum Gasteiger partial charge on any atom is 0.331 e. The summed E-state index contributed by atoms with van der Waals surface area (Å²) in [4.78, 5) is 11.5. The van der Waals surface area contributed by atoms with Gasteiger partial charge in [-0.2, -0.15) is 5.10 Å². The summed E-state index contributed by atoms with van der Waals surface area (Å²) >= 11 is 0. The predicted octanol–water partition coefficient (Wildman–Crippen LogP) is 5.92. The zero-order valence-corrected chi connectivity index (χ0v) is 17.1. The van der Waals surface area contributed by atoms with E-state index in [1.165, 1.54) is 19.3 Å². The number of hydrogen-bond donors (Lipinski definition) is 2. The topological polar surface area (TPSA) is 75.3 Å². The van der Waals surface area contributed by atoms with Crippen molar-refractivity contribution < 1.29 is 15.0 Å². The molecule has 0 amide bonds. The summed E-state index contributed by atoms with van der Waals surface area (Å²) in [7, 11) is 0. The van der Waals surface area contributed by atoms with Crippen LogP contribution in [0, 0.1) is 0 Å². The second-order valence-electron chi connectivity index (χ2n) is 7.89. The maximum atomic E-state index is 11.5. The van der Waals surface area contributed by atoms with Gasteiger partial charge in [0.05, 0.1) is 17.4 Å². The fourth-order valence-corrected chi connectivity index (χ4v) is 4.19. The molecule has 4 rings (SSSR count). The lowest BCUT2D eigenvalue weighted by atomic mass is 9.93. The van der Waals surface area contributed by atoms with Crippen LogP contribution in [0.1, 0.15) is 50.8 Å². The molecule has 0 bridgehead atoms. The fourth-order valence-electron chi connectivity index (χ4n) is 4.19. The standard InChI is InChI=1S/C25H26N2O3/c1-17(25(29)30)16-22-23(18-8-4-2-5-9-18)24(19-12-14-21(28)15-13-19)27(26-22)20-10-6-3-7-11-20/h2,4-5,8-9,12-16,20,28H,3,6-7,10-11H2,1H3,(H,29,30). The van der Waals surface area contributed by atoms with Gasteiger partial charge >= 0.3 is 5.97 Å². The average molecular weight is 402 g/mol. The highest BCUT2D eigenvalue weighted by Crippen LogP contribution is 2.41. The van der Waals surface area contributed by atoms with E-state index in [1.54, 1.807) is 25.1 Å². The molecule has 3 aromatic rings. The third-order valence-corrected chi connectivity index (χ3v) is 5.75. The van der Waals surface area contributed by atoms with Crippen molar-refractivity contribution in [2.24, 2.45) is 0 Å². The Kier molecular flexibility index (Phi) is 5.70. The van der Waals surface area contributed by atoms with Crippen LogP contribution < -0.4 is 0 Å². The van der Waals surface area contributed by atoms with Crippen molar-refractivity contribution in [1.29, 1.82) is 0 Å². The summed E-state index contributed by atoms with van der Waals surface area (Å²) in [6.45, 7) is 1.59. The van der Waals surface area contributed by atoms with E-state index in [4.69, 9.17) is 5.10 Å². The zero-order chi connectivity index (χ0) is 21.1. The first-order valence-electron chi connectivity index (χ1n) is 10.4. The van der Waals surface area contributed by atoms with Crippen molar-refractivity contribution in [3.05, 3.63) is 65.9 Å². The minimum absolute atomic E-state index is 0.214. The monoisotopic (exact) mass is 402 g/mol. The quantitative estimate of drug-likeness (QED) is 0.520. The van der Waals surface area contributed by atoms with Crippen LogP contribution in [0.2, 0.25) is 0 Å². The van der Waals surface area contributed by atoms with Gasteiger partial charge in [0, 0.05) is 16.7 Å². The average Bonchev–Trinajstić information content (AvgIpc) is 3.14. The van der Waals surface area contributed by atoms with Crippen molar-refractivity contribution in [1.82, 2.24) is 9.78 Å². The number of phenolic OH excluding ortho intramolecular Hbond substituents is 1. The van der Waals surface area contributed by atoms with Gasteiger partial charge < -0.3 is 10.2 Å². The van der Waals surface area contributed by atoms with Crippen LogP contribution >= 0.6 is 0 Å². The highest BCUT2D eigenvalue weighted by atomic mass is 16.4. The smallest absolute Gasteiger partial charge is 0.331 e. The molecule has 154 valence electrons. The largest absolute Gasteiger partial charge is 0.508 e. The van der Waals surface area contributed by atoms with Gasteiger partial charge in [-0.25, -0.2) is 4.79 Å². The van der Waals surface area contributed by atoms with Crippen LogP contribution in [0.25, 0.3) is 28.5 Å². The summed E-state index contributed by atoms with van der Waals surface area (Å²) in [6, 6.07) is 17.4. The summed E-state index contributed by atoms with van der Waals surface area (Å²) in [6.07, 6.45) is 7.35. The van der Waals surface area contributed by atoms with Crippen molar-refractivity contribution in [3.63, 3.8) is 0 Å². The molecule has 0 saturated heterocycles. The Morgan fingerprint density at radius 2 is 1.67 bits per heavy atom. The Hall–Kier alpha value is -3.34. The van der Waals surface area contributed by atoms with E-state index < -0.39 is 5.97 Å². The van der Waals surface area contributed by atoms with Crippen LogP contribution in [-0.2, 0) is 4.79 Å². The van der Waals surface area contributed by atoms with Gasteiger partial charge in [-0.15, -0.1) is 0 Å². The number of aliphatic carboxylic acids is 1. The molecule has 1 heterocycles. The van der Waals surface area contributed by atoms with Gasteiger partial charge in [0.2, 0.25) is 0 Å². The van der Waals surface area contributed by atoms with Gasteiger partial charge in [-0.1, -0.05) is 49.6 Å². The molecule has 2 aromatic carbocycles. The minimum Gasteiger partial charge on any atom is -0.508 e. The van der Waals surface area contributed by atoms with E-state index in [9.17, 15) is 15.0 Å². The number of benzene rings is 2. The molecule has 0 unspecified atom stereocenters. The lowest BCUT2D eigenvalue weighted by Crippen LogP contribution is -2.15. The predicted molar refractivity (Wildman–Crippen MR) is 118 cm³/mol. The summed E-state index contributed by atoms with van der Waals surface area (Å²) in [5.41, 5.74) is 4.75. The lowest BCUT2D eigenvalue weighted by molar-refractivity contribution is -0.132. The fraction of sp³-hybridized carbons (Fsp3) is 0.280. The highest BCUT2D eigenvalue weighted by Gasteiger charge is 2.26. The van der Waals surface area contributed by atoms with Crippen LogP contribution in [-0.4, -0.2) is 26.0 Å². The van der Waals surface area contributed by atoms with Crippen molar-refractivity contribution in [2.75, 3.05) is 0 Å². The third-order valence-electron chi connectivity index (χ3n) is 5.75. The zero-order valence-electron chi connectivity index (χ0n) is 17.1. The van der Waals surface area contributed by atoms with E-state index in [0.29, 0.717) is 5.69 Å². The van der Waals surface area contributed by atoms with Crippen molar-refractivity contribution >= 4 is 12.0 Å². The van der Waals surface area contributed by atoms with Crippen LogP contribution in [0.5, 0.6) is 5.75 Å². The number of carboxylic acid groups (broad SMARTS) is 1. The van der Waals surface area contributed by atoms with Gasteiger partial charge in [-0.3, -0.25) is 4.68 Å². The Morgan fingerprint density at radius 1 is 1.00 bits per heavy atom. The van der Waals surface area contributed by atoms with Crippen molar-refractivity contribution in [3.8, 4) is 28.1 Å². The molecule has 1 aliphatic carbocycles. The van der Waals surface area contributed by atoms with E-state index in [0.717, 1.165) is 35.2 Å². The summed E-state index contributed by atoms with van der Waals surface area (Å²) in [5, 5.41) is 24.2. The molecule has 30 heavy (non-hydrogen) atoms. The Morgan fingerprint density at radius 3 is 2.30 bits per heavy atom. The molecule has 1 aromatic heterocycles. The SMILES string of the molecule is CC(=Cc1nn(C2CCCCC2)c(-c2ccc(O)cc2)c1-c1ccccc1)C(=O)O. The molecule has 5 heteroatoms. The molecule has 1 saturated carbocycles. The van der Waals surface area contributed by atoms with E-state index in [1.807, 2.05) is 42.5 Å². The maximum absolute atomic E-state index is 11.5. The van der Waals surface area contributed by atoms with Crippen LogP contribution in [0.4, 0.5) is 0 Å². The number of carboxylic acids is 1. The molecule has 0 spiro atoms. The number of phenols is 1. The number of carbonyl (C=O) groups is 1. The van der Waals surface area contributed by atoms with Crippen LogP contribution in [0.15, 0.2) is 60.2 Å². The first-order chi connectivity index (χ1) is 14.5. The number of nitrogens with zero attached hydrogens (tertiary/aromatic N) is 2.